The number of carbonyl (C=O) groups is 1. The Morgan fingerprint density at radius 3 is 2.95 bits per heavy atom. The lowest BCUT2D eigenvalue weighted by atomic mass is 10.1. The molecule has 3 atom stereocenters. The van der Waals surface area contributed by atoms with Crippen molar-refractivity contribution in [2.75, 3.05) is 42.2 Å². The Hall–Kier alpha value is -3.93. The minimum Gasteiger partial charge on any atom is -0.375 e. The van der Waals surface area contributed by atoms with E-state index in [9.17, 15) is 13.6 Å². The molecule has 6 rings (SSSR count). The van der Waals surface area contributed by atoms with Crippen LogP contribution >= 0.6 is 0 Å². The van der Waals surface area contributed by atoms with Crippen LogP contribution < -0.4 is 15.5 Å². The number of alkyl halides is 2. The molecule has 5 heterocycles. The molecule has 2 aliphatic rings. The first kappa shape index (κ1) is 20.2. The molecule has 1 saturated carbocycles. The van der Waals surface area contributed by atoms with E-state index in [0.29, 0.717) is 34.4 Å². The Morgan fingerprint density at radius 1 is 1.27 bits per heavy atom. The summed E-state index contributed by atoms with van der Waals surface area (Å²) in [6.45, 7) is 1.64. The number of pyridine rings is 3. The van der Waals surface area contributed by atoms with E-state index in [1.807, 2.05) is 25.3 Å². The Morgan fingerprint density at radius 2 is 2.16 bits per heavy atom. The standard InChI is InChI=1S/C25H26F2N8O2/c1-13-11-34(5-6-37-13)14-3-4-21-32-24(33-35(21)12-14)19-10-30-23(28-2)18-9-29-20(8-15(18)19)31-25(36)17-7-16(17)22(26)27/h3-4,8-10,12-13,16-17,22H,5-7,11H2,1-2H3,(H,28,30)(H,29,31,36)/t13-,16?,17?/m0/s1/i2D3. The maximum Gasteiger partial charge on any atom is 0.242 e. The van der Waals surface area contributed by atoms with E-state index in [1.54, 1.807) is 10.6 Å². The Labute approximate surface area is 215 Å². The maximum atomic E-state index is 13.0. The summed E-state index contributed by atoms with van der Waals surface area (Å²) in [5.41, 5.74) is 2.04. The molecule has 1 amide bonds. The number of amides is 1. The van der Waals surface area contributed by atoms with E-state index in [0.717, 1.165) is 18.8 Å². The molecule has 2 N–H and O–H groups in total. The third kappa shape index (κ3) is 4.41. The molecule has 0 aromatic carbocycles. The molecule has 192 valence electrons. The second-order valence-corrected chi connectivity index (χ2v) is 9.34. The number of rotatable bonds is 6. The van der Waals surface area contributed by atoms with Gasteiger partial charge in [-0.05, 0) is 31.5 Å². The maximum absolute atomic E-state index is 13.0. The van der Waals surface area contributed by atoms with Gasteiger partial charge in [-0.1, -0.05) is 0 Å². The number of morpholine rings is 1. The molecule has 12 heteroatoms. The highest BCUT2D eigenvalue weighted by Crippen LogP contribution is 2.43. The minimum absolute atomic E-state index is 0.0663. The summed E-state index contributed by atoms with van der Waals surface area (Å²) in [5.74, 6) is -1.74. The summed E-state index contributed by atoms with van der Waals surface area (Å²) >= 11 is 0. The van der Waals surface area contributed by atoms with Gasteiger partial charge in [0.15, 0.2) is 11.5 Å². The van der Waals surface area contributed by atoms with E-state index in [1.165, 1.54) is 12.4 Å². The first-order valence-electron chi connectivity index (χ1n) is 13.4. The molecular weight excluding hydrogens is 482 g/mol. The summed E-state index contributed by atoms with van der Waals surface area (Å²) in [6, 6.07) is 5.36. The summed E-state index contributed by atoms with van der Waals surface area (Å²) in [4.78, 5) is 27.9. The minimum atomic E-state index is -2.56. The zero-order valence-corrected chi connectivity index (χ0v) is 19.9. The van der Waals surface area contributed by atoms with Crippen LogP contribution in [0.15, 0.2) is 36.8 Å². The van der Waals surface area contributed by atoms with E-state index in [4.69, 9.17) is 8.85 Å². The smallest absolute Gasteiger partial charge is 0.242 e. The zero-order chi connectivity index (χ0) is 28.2. The second-order valence-electron chi connectivity index (χ2n) is 9.34. The van der Waals surface area contributed by atoms with Crippen molar-refractivity contribution >= 4 is 39.6 Å². The topological polar surface area (TPSA) is 110 Å². The molecule has 0 bridgehead atoms. The van der Waals surface area contributed by atoms with Crippen LogP contribution in [0, 0.1) is 11.8 Å². The van der Waals surface area contributed by atoms with Crippen molar-refractivity contribution in [2.24, 2.45) is 11.8 Å². The monoisotopic (exact) mass is 511 g/mol. The van der Waals surface area contributed by atoms with Crippen LogP contribution in [0.3, 0.4) is 0 Å². The van der Waals surface area contributed by atoms with Gasteiger partial charge in [-0.25, -0.2) is 28.2 Å². The van der Waals surface area contributed by atoms with Crippen molar-refractivity contribution in [2.45, 2.75) is 25.9 Å². The summed E-state index contributed by atoms with van der Waals surface area (Å²) < 4.78 is 56.0. The van der Waals surface area contributed by atoms with E-state index < -0.39 is 31.1 Å². The quantitative estimate of drug-likeness (QED) is 0.405. The number of nitrogens with zero attached hydrogens (tertiary/aromatic N) is 6. The van der Waals surface area contributed by atoms with Gasteiger partial charge in [0.25, 0.3) is 0 Å². The van der Waals surface area contributed by atoms with Crippen molar-refractivity contribution in [1.29, 1.82) is 0 Å². The number of nitrogens with one attached hydrogen (secondary N) is 2. The van der Waals surface area contributed by atoms with E-state index in [-0.39, 0.29) is 24.2 Å². The molecule has 0 radical (unpaired) electrons. The zero-order valence-electron chi connectivity index (χ0n) is 22.9. The molecule has 1 aliphatic carbocycles. The van der Waals surface area contributed by atoms with Gasteiger partial charge in [0, 0.05) is 64.7 Å². The van der Waals surface area contributed by atoms with E-state index in [2.05, 4.69) is 35.6 Å². The largest absolute Gasteiger partial charge is 0.375 e. The Balaban J connectivity index is 1.38. The molecule has 1 saturated heterocycles. The molecule has 4 aromatic rings. The number of hydrogen-bond acceptors (Lipinski definition) is 8. The van der Waals surface area contributed by atoms with Gasteiger partial charge in [0.2, 0.25) is 12.3 Å². The molecule has 2 unspecified atom stereocenters. The fraction of sp³-hybridized carbons (Fsp3) is 0.400. The van der Waals surface area contributed by atoms with Crippen molar-refractivity contribution in [1.82, 2.24) is 24.6 Å². The van der Waals surface area contributed by atoms with Crippen LogP contribution in [0.1, 0.15) is 17.5 Å². The molecule has 10 nitrogen and oxygen atoms in total. The van der Waals surface area contributed by atoms with Crippen LogP contribution in [0.25, 0.3) is 27.8 Å². The molecule has 2 fully saturated rings. The fourth-order valence-corrected chi connectivity index (χ4v) is 4.72. The number of fused-ring (bicyclic) bond motifs is 2. The van der Waals surface area contributed by atoms with Crippen LogP contribution in [0.5, 0.6) is 0 Å². The predicted molar refractivity (Wildman–Crippen MR) is 135 cm³/mol. The highest BCUT2D eigenvalue weighted by molar-refractivity contribution is 6.03. The molecule has 4 aromatic heterocycles. The second kappa shape index (κ2) is 9.18. The lowest BCUT2D eigenvalue weighted by molar-refractivity contribution is -0.118. The van der Waals surface area contributed by atoms with Crippen molar-refractivity contribution in [3.63, 3.8) is 0 Å². The molecule has 0 spiro atoms. The third-order valence-electron chi connectivity index (χ3n) is 6.80. The van der Waals surface area contributed by atoms with E-state index >= 15 is 0 Å². The highest BCUT2D eigenvalue weighted by Gasteiger charge is 2.48. The summed E-state index contributed by atoms with van der Waals surface area (Å²) in [6.07, 6.45) is 2.39. The lowest BCUT2D eigenvalue weighted by Gasteiger charge is -2.32. The van der Waals surface area contributed by atoms with Crippen LogP contribution in [-0.2, 0) is 9.53 Å². The Bertz CT molecular complexity index is 1600. The molecular formula is C25H26F2N8O2. The normalized spacial score (nSPS) is 23.1. The van der Waals surface area contributed by atoms with Gasteiger partial charge in [-0.15, -0.1) is 5.10 Å². The summed E-state index contributed by atoms with van der Waals surface area (Å²) in [7, 11) is 0. The first-order chi connectivity index (χ1) is 19.1. The Kier molecular flexibility index (Phi) is 5.00. The number of carbonyl (C=O) groups excluding carboxylic acids is 1. The van der Waals surface area contributed by atoms with Crippen molar-refractivity contribution in [3.8, 4) is 11.4 Å². The molecule has 1 aliphatic heterocycles. The summed E-state index contributed by atoms with van der Waals surface area (Å²) in [5, 5.41) is 10.5. The third-order valence-corrected chi connectivity index (χ3v) is 6.80. The van der Waals surface area contributed by atoms with Gasteiger partial charge in [0.05, 0.1) is 24.6 Å². The average Bonchev–Trinajstić information content (AvgIpc) is 3.60. The number of ether oxygens (including phenoxy) is 1. The lowest BCUT2D eigenvalue weighted by Crippen LogP contribution is -2.41. The van der Waals surface area contributed by atoms with Gasteiger partial charge in [-0.2, -0.15) is 0 Å². The van der Waals surface area contributed by atoms with Crippen molar-refractivity contribution < 1.29 is 22.4 Å². The fourth-order valence-electron chi connectivity index (χ4n) is 4.72. The number of halogens is 2. The highest BCUT2D eigenvalue weighted by atomic mass is 19.3. The average molecular weight is 512 g/mol. The van der Waals surface area contributed by atoms with Crippen LogP contribution in [-0.4, -0.2) is 69.7 Å². The molecule has 37 heavy (non-hydrogen) atoms. The van der Waals surface area contributed by atoms with Gasteiger partial charge in [0.1, 0.15) is 11.6 Å². The first-order valence-corrected chi connectivity index (χ1v) is 11.9. The van der Waals surface area contributed by atoms with Gasteiger partial charge >= 0.3 is 0 Å². The van der Waals surface area contributed by atoms with Crippen LogP contribution in [0.2, 0.25) is 0 Å². The van der Waals surface area contributed by atoms with Crippen molar-refractivity contribution in [3.05, 3.63) is 36.8 Å². The van der Waals surface area contributed by atoms with Gasteiger partial charge < -0.3 is 20.3 Å². The van der Waals surface area contributed by atoms with Gasteiger partial charge in [-0.3, -0.25) is 4.79 Å². The number of hydrogen-bond donors (Lipinski definition) is 2. The number of anilines is 3. The van der Waals surface area contributed by atoms with Crippen LogP contribution in [0.4, 0.5) is 26.1 Å². The predicted octanol–water partition coefficient (Wildman–Crippen LogP) is 3.45. The number of aromatic nitrogens is 5. The SMILES string of the molecule is [2H]C([2H])([2H])Nc1ncc(-c2nc3ccc(N4CCO[C@@H](C)C4)cn3n2)c2cc(NC(=O)C3CC3C(F)F)ncc12.